The minimum Gasteiger partial charge on any atom is -0.463 e. The molecule has 0 amide bonds. The molecule has 0 saturated heterocycles. The first-order chi connectivity index (χ1) is 20.4. The maximum atomic E-state index is 14.1. The number of fused-ring (bicyclic) bond motifs is 2. The molecule has 1 atom stereocenters. The van der Waals surface area contributed by atoms with Gasteiger partial charge < -0.3 is 9.30 Å². The smallest absolute Gasteiger partial charge is 0.338 e. The summed E-state index contributed by atoms with van der Waals surface area (Å²) in [6.45, 7) is 8.18. The van der Waals surface area contributed by atoms with Gasteiger partial charge in [0, 0.05) is 21.1 Å². The Morgan fingerprint density at radius 3 is 2.76 bits per heavy atom. The lowest BCUT2D eigenvalue weighted by atomic mass is 9.96. The number of rotatable bonds is 7. The first-order valence-electron chi connectivity index (χ1n) is 14.4. The van der Waals surface area contributed by atoms with Gasteiger partial charge in [-0.05, 0) is 87.6 Å². The van der Waals surface area contributed by atoms with Gasteiger partial charge in [-0.2, -0.15) is 5.26 Å². The fourth-order valence-corrected chi connectivity index (χ4v) is 9.33. The molecular formula is C32H32N4O3S3. The molecule has 0 bridgehead atoms. The lowest BCUT2D eigenvalue weighted by molar-refractivity contribution is -0.139. The number of thiazole rings is 1. The zero-order valence-corrected chi connectivity index (χ0v) is 26.6. The quantitative estimate of drug-likeness (QED) is 0.243. The van der Waals surface area contributed by atoms with E-state index >= 15 is 0 Å². The third kappa shape index (κ3) is 4.74. The van der Waals surface area contributed by atoms with E-state index in [2.05, 4.69) is 23.6 Å². The second kappa shape index (κ2) is 11.6. The number of thiophene rings is 2. The van der Waals surface area contributed by atoms with Crippen molar-refractivity contribution >= 4 is 46.1 Å². The number of nitrogens with zero attached hydrogens (tertiary/aromatic N) is 4. The van der Waals surface area contributed by atoms with Crippen molar-refractivity contribution in [2.45, 2.75) is 72.3 Å². The molecule has 0 unspecified atom stereocenters. The first kappa shape index (κ1) is 28.6. The number of carbonyl (C=O) groups is 1. The zero-order valence-electron chi connectivity index (χ0n) is 24.2. The maximum Gasteiger partial charge on any atom is 0.338 e. The average Bonchev–Trinajstić information content (AvgIpc) is 3.75. The molecule has 4 aromatic heterocycles. The van der Waals surface area contributed by atoms with E-state index in [0.29, 0.717) is 27.0 Å². The van der Waals surface area contributed by atoms with Gasteiger partial charge in [-0.1, -0.05) is 30.7 Å². The van der Waals surface area contributed by atoms with Crippen molar-refractivity contribution in [2.75, 3.05) is 6.61 Å². The number of aromatic nitrogens is 2. The molecule has 216 valence electrons. The molecule has 10 heteroatoms. The molecule has 1 aliphatic carbocycles. The van der Waals surface area contributed by atoms with Crippen LogP contribution < -0.4 is 14.9 Å². The van der Waals surface area contributed by atoms with Crippen molar-refractivity contribution in [2.24, 2.45) is 4.99 Å². The van der Waals surface area contributed by atoms with Crippen LogP contribution in [0.1, 0.15) is 83.4 Å². The van der Waals surface area contributed by atoms with Gasteiger partial charge in [0.05, 0.1) is 28.0 Å². The van der Waals surface area contributed by atoms with Crippen LogP contribution >= 0.6 is 34.0 Å². The van der Waals surface area contributed by atoms with Gasteiger partial charge in [0.25, 0.3) is 5.56 Å². The molecule has 1 aliphatic heterocycles. The highest BCUT2D eigenvalue weighted by atomic mass is 32.1. The van der Waals surface area contributed by atoms with E-state index in [0.717, 1.165) is 64.5 Å². The third-order valence-electron chi connectivity index (χ3n) is 7.93. The van der Waals surface area contributed by atoms with Crippen LogP contribution in [0, 0.1) is 25.2 Å². The number of aryl methyl sites for hydroxylation is 2. The van der Waals surface area contributed by atoms with E-state index in [-0.39, 0.29) is 12.2 Å². The molecule has 6 rings (SSSR count). The summed E-state index contributed by atoms with van der Waals surface area (Å²) in [7, 11) is 0. The summed E-state index contributed by atoms with van der Waals surface area (Å²) in [5.41, 5.74) is 5.89. The summed E-state index contributed by atoms with van der Waals surface area (Å²) in [6.07, 6.45) is 7.64. The Balaban J connectivity index is 1.52. The lowest BCUT2D eigenvalue weighted by Crippen LogP contribution is -2.39. The van der Waals surface area contributed by atoms with Crippen LogP contribution in [0.4, 0.5) is 0 Å². The van der Waals surface area contributed by atoms with Crippen molar-refractivity contribution in [3.63, 3.8) is 0 Å². The van der Waals surface area contributed by atoms with E-state index in [4.69, 9.17) is 9.73 Å². The normalized spacial score (nSPS) is 16.6. The third-order valence-corrected chi connectivity index (χ3v) is 11.1. The van der Waals surface area contributed by atoms with E-state index in [1.807, 2.05) is 37.4 Å². The second-order valence-electron chi connectivity index (χ2n) is 10.6. The summed E-state index contributed by atoms with van der Waals surface area (Å²) in [6, 6.07) is 7.89. The number of hydrogen-bond acceptors (Lipinski definition) is 8. The molecule has 4 aromatic rings. The highest BCUT2D eigenvalue weighted by Crippen LogP contribution is 2.38. The summed E-state index contributed by atoms with van der Waals surface area (Å²) in [5, 5.41) is 13.0. The molecule has 7 nitrogen and oxygen atoms in total. The summed E-state index contributed by atoms with van der Waals surface area (Å²) in [5.74, 6) is -0.423. The van der Waals surface area contributed by atoms with Gasteiger partial charge in [-0.3, -0.25) is 9.36 Å². The van der Waals surface area contributed by atoms with Crippen LogP contribution in [0.25, 0.3) is 11.1 Å². The minimum absolute atomic E-state index is 0.177. The largest absolute Gasteiger partial charge is 0.463 e. The van der Waals surface area contributed by atoms with E-state index in [1.165, 1.54) is 33.1 Å². The van der Waals surface area contributed by atoms with Crippen LogP contribution in [0.5, 0.6) is 0 Å². The number of esters is 1. The standard InChI is InChI=1S/C32H32N4O3S3/c1-5-10-23-27(31(38)39-6-2)28(25-13-9-14-40-25)36-29(37)26(42-32(36)34-23)16-20-15-18(3)35(19(20)4)30-22(17-33)21-11-7-8-12-24(21)41-30/h9,13-16,28H,5-8,10-12H2,1-4H3/b26-16+/t28-/m1/s1. The van der Waals surface area contributed by atoms with Crippen LogP contribution in [-0.4, -0.2) is 21.7 Å². The molecule has 0 radical (unpaired) electrons. The number of ether oxygens (including phenoxy) is 1. The number of hydrogen-bond donors (Lipinski definition) is 0. The van der Waals surface area contributed by atoms with Crippen molar-refractivity contribution in [1.29, 1.82) is 5.26 Å². The van der Waals surface area contributed by atoms with Crippen molar-refractivity contribution in [1.82, 2.24) is 9.13 Å². The van der Waals surface area contributed by atoms with Gasteiger partial charge >= 0.3 is 5.97 Å². The van der Waals surface area contributed by atoms with Crippen molar-refractivity contribution in [3.8, 4) is 11.1 Å². The Hall–Kier alpha value is -3.52. The Kier molecular flexibility index (Phi) is 7.92. The van der Waals surface area contributed by atoms with Gasteiger partial charge in [-0.25, -0.2) is 9.79 Å². The number of allylic oxidation sites excluding steroid dienone is 1. The minimum atomic E-state index is -0.577. The Bertz CT molecular complexity index is 1940. The highest BCUT2D eigenvalue weighted by molar-refractivity contribution is 7.15. The predicted octanol–water partition coefficient (Wildman–Crippen LogP) is 5.86. The molecule has 42 heavy (non-hydrogen) atoms. The molecule has 5 heterocycles. The van der Waals surface area contributed by atoms with Gasteiger partial charge in [-0.15, -0.1) is 22.7 Å². The second-order valence-corrected chi connectivity index (χ2v) is 13.7. The van der Waals surface area contributed by atoms with Gasteiger partial charge in [0.1, 0.15) is 17.1 Å². The topological polar surface area (TPSA) is 89.4 Å². The van der Waals surface area contributed by atoms with Gasteiger partial charge in [0.15, 0.2) is 4.80 Å². The fraction of sp³-hybridized carbons (Fsp3) is 0.375. The van der Waals surface area contributed by atoms with Crippen LogP contribution in [0.15, 0.2) is 44.6 Å². The monoisotopic (exact) mass is 616 g/mol. The summed E-state index contributed by atoms with van der Waals surface area (Å²) < 4.78 is 9.85. The molecule has 0 spiro atoms. The maximum absolute atomic E-state index is 14.1. The van der Waals surface area contributed by atoms with Crippen LogP contribution in [-0.2, 0) is 22.4 Å². The van der Waals surface area contributed by atoms with Gasteiger partial charge in [0.2, 0.25) is 0 Å². The molecule has 0 aromatic carbocycles. The highest BCUT2D eigenvalue weighted by Gasteiger charge is 2.35. The molecule has 0 saturated carbocycles. The van der Waals surface area contributed by atoms with Crippen LogP contribution in [0.2, 0.25) is 0 Å². The first-order valence-corrected chi connectivity index (χ1v) is 16.9. The number of carbonyl (C=O) groups excluding carboxylic acids is 1. The summed E-state index contributed by atoms with van der Waals surface area (Å²) in [4.78, 5) is 35.0. The predicted molar refractivity (Wildman–Crippen MR) is 168 cm³/mol. The number of nitriles is 1. The Morgan fingerprint density at radius 2 is 2.05 bits per heavy atom. The molecule has 0 N–H and O–H groups in total. The summed E-state index contributed by atoms with van der Waals surface area (Å²) >= 11 is 4.59. The van der Waals surface area contributed by atoms with Crippen molar-refractivity contribution in [3.05, 3.63) is 92.4 Å². The molecular weight excluding hydrogens is 585 g/mol. The zero-order chi connectivity index (χ0) is 29.5. The van der Waals surface area contributed by atoms with E-state index in [1.54, 1.807) is 22.8 Å². The molecule has 2 aliphatic rings. The Labute approximate surface area is 256 Å². The van der Waals surface area contributed by atoms with E-state index in [9.17, 15) is 14.9 Å². The van der Waals surface area contributed by atoms with Crippen LogP contribution in [0.3, 0.4) is 0 Å². The fourth-order valence-electron chi connectivity index (χ4n) is 6.05. The lowest BCUT2D eigenvalue weighted by Gasteiger charge is -2.24. The molecule has 0 fully saturated rings. The van der Waals surface area contributed by atoms with Crippen molar-refractivity contribution < 1.29 is 9.53 Å². The van der Waals surface area contributed by atoms with E-state index < -0.39 is 12.0 Å². The Morgan fingerprint density at radius 1 is 1.24 bits per heavy atom. The SMILES string of the molecule is CCCC1=C(C(=O)OCC)[C@@H](c2cccs2)n2c(s/c(=C/c3cc(C)n(-c4sc5c(c4C#N)CCCC5)c3C)c2=O)=N1. The average molecular weight is 617 g/mol.